The summed E-state index contributed by atoms with van der Waals surface area (Å²) in [5.41, 5.74) is 0. The Kier molecular flexibility index (Phi) is 4.88. The SMILES string of the molecule is O=C(CNCC(F)(F)F)NCCc1ncn[nH]1. The molecule has 0 fully saturated rings. The molecule has 1 rings (SSSR count). The van der Waals surface area contributed by atoms with Gasteiger partial charge in [0.25, 0.3) is 0 Å². The van der Waals surface area contributed by atoms with Crippen molar-refractivity contribution < 1.29 is 18.0 Å². The fourth-order valence-corrected chi connectivity index (χ4v) is 1.05. The molecule has 17 heavy (non-hydrogen) atoms. The topological polar surface area (TPSA) is 82.7 Å². The summed E-state index contributed by atoms with van der Waals surface area (Å²) in [6.45, 7) is -1.25. The fraction of sp³-hybridized carbons (Fsp3) is 0.625. The highest BCUT2D eigenvalue weighted by Gasteiger charge is 2.26. The number of aromatic amines is 1. The van der Waals surface area contributed by atoms with Crippen LogP contribution in [0.15, 0.2) is 6.33 Å². The van der Waals surface area contributed by atoms with Crippen LogP contribution in [0.2, 0.25) is 0 Å². The highest BCUT2D eigenvalue weighted by atomic mass is 19.4. The van der Waals surface area contributed by atoms with E-state index < -0.39 is 18.6 Å². The van der Waals surface area contributed by atoms with E-state index in [1.165, 1.54) is 6.33 Å². The van der Waals surface area contributed by atoms with Gasteiger partial charge in [0, 0.05) is 13.0 Å². The van der Waals surface area contributed by atoms with Gasteiger partial charge in [-0.1, -0.05) is 0 Å². The van der Waals surface area contributed by atoms with Gasteiger partial charge in [0.1, 0.15) is 12.2 Å². The zero-order valence-electron chi connectivity index (χ0n) is 8.84. The summed E-state index contributed by atoms with van der Waals surface area (Å²) in [6.07, 6.45) is -2.52. The quantitative estimate of drug-likeness (QED) is 0.643. The Hall–Kier alpha value is -1.64. The van der Waals surface area contributed by atoms with E-state index >= 15 is 0 Å². The summed E-state index contributed by atoms with van der Waals surface area (Å²) in [5.74, 6) is 0.113. The summed E-state index contributed by atoms with van der Waals surface area (Å²) in [7, 11) is 0. The van der Waals surface area contributed by atoms with Crippen molar-refractivity contribution in [3.63, 3.8) is 0 Å². The largest absolute Gasteiger partial charge is 0.401 e. The maximum atomic E-state index is 11.7. The average molecular weight is 251 g/mol. The number of H-pyrrole nitrogens is 1. The van der Waals surface area contributed by atoms with Crippen LogP contribution in [0.1, 0.15) is 5.82 Å². The average Bonchev–Trinajstić information content (AvgIpc) is 2.68. The van der Waals surface area contributed by atoms with E-state index in [1.54, 1.807) is 0 Å². The van der Waals surface area contributed by atoms with Gasteiger partial charge in [0.2, 0.25) is 5.91 Å². The molecule has 0 aliphatic heterocycles. The third-order valence-electron chi connectivity index (χ3n) is 1.76. The van der Waals surface area contributed by atoms with Crippen molar-refractivity contribution in [1.82, 2.24) is 25.8 Å². The second-order valence-corrected chi connectivity index (χ2v) is 3.25. The molecule has 0 aromatic carbocycles. The van der Waals surface area contributed by atoms with Crippen LogP contribution in [0.25, 0.3) is 0 Å². The van der Waals surface area contributed by atoms with Gasteiger partial charge in [0.05, 0.1) is 13.1 Å². The van der Waals surface area contributed by atoms with E-state index in [9.17, 15) is 18.0 Å². The molecule has 0 radical (unpaired) electrons. The van der Waals surface area contributed by atoms with Crippen LogP contribution in [0.4, 0.5) is 13.2 Å². The summed E-state index contributed by atoms with van der Waals surface area (Å²) in [6, 6.07) is 0. The predicted molar refractivity (Wildman–Crippen MR) is 52.0 cm³/mol. The summed E-state index contributed by atoms with van der Waals surface area (Å²) < 4.78 is 35.2. The molecule has 0 bridgehead atoms. The Bertz CT molecular complexity index is 337. The highest BCUT2D eigenvalue weighted by Crippen LogP contribution is 2.11. The Morgan fingerprint density at radius 2 is 2.24 bits per heavy atom. The van der Waals surface area contributed by atoms with Crippen LogP contribution in [0.3, 0.4) is 0 Å². The molecule has 1 aromatic heterocycles. The van der Waals surface area contributed by atoms with E-state index in [0.717, 1.165) is 0 Å². The molecule has 1 amide bonds. The van der Waals surface area contributed by atoms with E-state index in [1.807, 2.05) is 5.32 Å². The molecule has 0 aliphatic carbocycles. The van der Waals surface area contributed by atoms with Crippen molar-refractivity contribution in [2.24, 2.45) is 0 Å². The second kappa shape index (κ2) is 6.18. The molecular formula is C8H12F3N5O. The Balaban J connectivity index is 2.05. The van der Waals surface area contributed by atoms with Crippen LogP contribution in [0.5, 0.6) is 0 Å². The minimum Gasteiger partial charge on any atom is -0.355 e. The van der Waals surface area contributed by atoms with Gasteiger partial charge in [-0.2, -0.15) is 18.3 Å². The minimum absolute atomic E-state index is 0.293. The lowest BCUT2D eigenvalue weighted by molar-refractivity contribution is -0.128. The van der Waals surface area contributed by atoms with Crippen molar-refractivity contribution in [3.8, 4) is 0 Å². The molecule has 0 atom stereocenters. The Morgan fingerprint density at radius 3 is 2.82 bits per heavy atom. The van der Waals surface area contributed by atoms with Gasteiger partial charge in [-0.25, -0.2) is 4.98 Å². The molecule has 3 N–H and O–H groups in total. The lowest BCUT2D eigenvalue weighted by atomic mass is 10.4. The molecule has 96 valence electrons. The first-order valence-corrected chi connectivity index (χ1v) is 4.86. The maximum absolute atomic E-state index is 11.7. The van der Waals surface area contributed by atoms with E-state index in [4.69, 9.17) is 0 Å². The van der Waals surface area contributed by atoms with Crippen LogP contribution >= 0.6 is 0 Å². The Morgan fingerprint density at radius 1 is 1.47 bits per heavy atom. The molecule has 6 nitrogen and oxygen atoms in total. The number of amides is 1. The number of carbonyl (C=O) groups excluding carboxylic acids is 1. The van der Waals surface area contributed by atoms with Crippen LogP contribution < -0.4 is 10.6 Å². The molecule has 1 aromatic rings. The first-order valence-electron chi connectivity index (χ1n) is 4.86. The Labute approximate surface area is 95.0 Å². The second-order valence-electron chi connectivity index (χ2n) is 3.25. The van der Waals surface area contributed by atoms with E-state index in [-0.39, 0.29) is 6.54 Å². The molecule has 0 saturated carbocycles. The summed E-state index contributed by atoms with van der Waals surface area (Å²) >= 11 is 0. The van der Waals surface area contributed by atoms with Crippen molar-refractivity contribution in [3.05, 3.63) is 12.2 Å². The van der Waals surface area contributed by atoms with E-state index in [0.29, 0.717) is 18.8 Å². The molecule has 0 aliphatic rings. The standard InChI is InChI=1S/C8H12F3N5O/c9-8(10,11)4-12-3-7(17)13-2-1-6-14-5-15-16-6/h5,12H,1-4H2,(H,13,17)(H,14,15,16). The van der Waals surface area contributed by atoms with Gasteiger partial charge in [0.15, 0.2) is 0 Å². The highest BCUT2D eigenvalue weighted by molar-refractivity contribution is 5.77. The van der Waals surface area contributed by atoms with Gasteiger partial charge >= 0.3 is 6.18 Å². The fourth-order valence-electron chi connectivity index (χ4n) is 1.05. The molecule has 0 unspecified atom stereocenters. The number of nitrogens with zero attached hydrogens (tertiary/aromatic N) is 2. The van der Waals surface area contributed by atoms with Crippen LogP contribution in [-0.2, 0) is 11.2 Å². The van der Waals surface area contributed by atoms with Crippen LogP contribution in [-0.4, -0.2) is 46.9 Å². The third kappa shape index (κ3) is 6.51. The van der Waals surface area contributed by atoms with Crippen molar-refractivity contribution in [2.75, 3.05) is 19.6 Å². The lowest BCUT2D eigenvalue weighted by Crippen LogP contribution is -2.38. The zero-order valence-corrected chi connectivity index (χ0v) is 8.84. The zero-order chi connectivity index (χ0) is 12.7. The van der Waals surface area contributed by atoms with Crippen molar-refractivity contribution in [1.29, 1.82) is 0 Å². The van der Waals surface area contributed by atoms with Gasteiger partial charge in [-0.3, -0.25) is 9.89 Å². The number of hydrogen-bond donors (Lipinski definition) is 3. The minimum atomic E-state index is -4.31. The number of rotatable bonds is 6. The number of aromatic nitrogens is 3. The monoisotopic (exact) mass is 251 g/mol. The van der Waals surface area contributed by atoms with E-state index in [2.05, 4.69) is 20.5 Å². The molecule has 9 heteroatoms. The predicted octanol–water partition coefficient (Wildman–Crippen LogP) is -0.385. The van der Waals surface area contributed by atoms with Crippen molar-refractivity contribution in [2.45, 2.75) is 12.6 Å². The summed E-state index contributed by atoms with van der Waals surface area (Å²) in [4.78, 5) is 14.9. The lowest BCUT2D eigenvalue weighted by Gasteiger charge is -2.08. The summed E-state index contributed by atoms with van der Waals surface area (Å²) in [5, 5.41) is 10.7. The number of hydrogen-bond acceptors (Lipinski definition) is 4. The molecule has 0 saturated heterocycles. The number of alkyl halides is 3. The third-order valence-corrected chi connectivity index (χ3v) is 1.76. The van der Waals surface area contributed by atoms with Gasteiger partial charge in [-0.05, 0) is 0 Å². The first kappa shape index (κ1) is 13.4. The van der Waals surface area contributed by atoms with Crippen molar-refractivity contribution >= 4 is 5.91 Å². The smallest absolute Gasteiger partial charge is 0.355 e. The first-order chi connectivity index (χ1) is 7.97. The number of halogens is 3. The maximum Gasteiger partial charge on any atom is 0.401 e. The normalized spacial score (nSPS) is 11.5. The van der Waals surface area contributed by atoms with Gasteiger partial charge < -0.3 is 10.6 Å². The number of nitrogens with one attached hydrogen (secondary N) is 3. The number of carbonyl (C=O) groups is 1. The van der Waals surface area contributed by atoms with Crippen LogP contribution in [0, 0.1) is 0 Å². The molecule has 0 spiro atoms. The van der Waals surface area contributed by atoms with Gasteiger partial charge in [-0.15, -0.1) is 0 Å². The molecule has 1 heterocycles. The molecular weight excluding hydrogens is 239 g/mol.